The highest BCUT2D eigenvalue weighted by atomic mass is 16.6. The van der Waals surface area contributed by atoms with Gasteiger partial charge in [-0.1, -0.05) is 6.58 Å². The Morgan fingerprint density at radius 1 is 1.57 bits per heavy atom. The lowest BCUT2D eigenvalue weighted by Crippen LogP contribution is -2.40. The highest BCUT2D eigenvalue weighted by Gasteiger charge is 2.26. The number of esters is 1. The van der Waals surface area contributed by atoms with Crippen LogP contribution in [0.4, 0.5) is 0 Å². The molecule has 0 aliphatic carbocycles. The van der Waals surface area contributed by atoms with E-state index in [1.165, 1.54) is 0 Å². The Bertz CT molecular complexity index is 273. The van der Waals surface area contributed by atoms with E-state index in [0.29, 0.717) is 5.57 Å². The minimum absolute atomic E-state index is 0.329. The number of carbonyl (C=O) groups excluding carboxylic acids is 1. The molecule has 0 bridgehead atoms. The van der Waals surface area contributed by atoms with Crippen LogP contribution in [0.2, 0.25) is 0 Å². The summed E-state index contributed by atoms with van der Waals surface area (Å²) in [6, 6.07) is 0. The van der Waals surface area contributed by atoms with E-state index in [1.54, 1.807) is 6.92 Å². The molecule has 0 amide bonds. The molecule has 0 fully saturated rings. The molecule has 1 aliphatic rings. The molecule has 0 spiro atoms. The average Bonchev–Trinajstić information content (AvgIpc) is 2.47. The summed E-state index contributed by atoms with van der Waals surface area (Å²) in [5.74, 6) is -0.357. The second-order valence-electron chi connectivity index (χ2n) is 3.31. The van der Waals surface area contributed by atoms with Crippen LogP contribution < -0.4 is 0 Å². The van der Waals surface area contributed by atoms with E-state index < -0.39 is 0 Å². The summed E-state index contributed by atoms with van der Waals surface area (Å²) in [7, 11) is 1.86. The summed E-state index contributed by atoms with van der Waals surface area (Å²) in [6.07, 6.45) is 3.44. The van der Waals surface area contributed by atoms with Gasteiger partial charge in [0, 0.05) is 31.6 Å². The van der Waals surface area contributed by atoms with E-state index in [4.69, 9.17) is 4.74 Å². The summed E-state index contributed by atoms with van der Waals surface area (Å²) >= 11 is 0. The summed E-state index contributed by atoms with van der Waals surface area (Å²) < 4.78 is 5.24. The van der Waals surface area contributed by atoms with Crippen molar-refractivity contribution in [3.63, 3.8) is 0 Å². The highest BCUT2D eigenvalue weighted by molar-refractivity contribution is 5.87. The molecule has 0 N–H and O–H groups in total. The van der Waals surface area contributed by atoms with Crippen LogP contribution >= 0.6 is 0 Å². The first-order valence-electron chi connectivity index (χ1n) is 4.58. The standard InChI is InChI=1S/C10H16N2O2/c1-5-12-7-6-11(4)10(12)14-9(13)8(2)3/h6-7,10H,2,5H2,1,3-4H3. The van der Waals surface area contributed by atoms with E-state index in [2.05, 4.69) is 6.58 Å². The van der Waals surface area contributed by atoms with Gasteiger partial charge in [0.25, 0.3) is 6.35 Å². The van der Waals surface area contributed by atoms with Crippen LogP contribution in [0.1, 0.15) is 13.8 Å². The molecule has 0 aromatic rings. The fourth-order valence-corrected chi connectivity index (χ4v) is 1.18. The second kappa shape index (κ2) is 4.17. The molecule has 0 saturated carbocycles. The first-order chi connectivity index (χ1) is 6.56. The predicted octanol–water partition coefficient (Wildman–Crippen LogP) is 1.13. The van der Waals surface area contributed by atoms with Gasteiger partial charge < -0.3 is 14.5 Å². The molecular formula is C10H16N2O2. The van der Waals surface area contributed by atoms with Gasteiger partial charge in [-0.05, 0) is 13.8 Å². The van der Waals surface area contributed by atoms with Crippen LogP contribution in [0.3, 0.4) is 0 Å². The number of nitrogens with zero attached hydrogens (tertiary/aromatic N) is 2. The van der Waals surface area contributed by atoms with Gasteiger partial charge in [0.15, 0.2) is 0 Å². The maximum absolute atomic E-state index is 11.3. The van der Waals surface area contributed by atoms with E-state index >= 15 is 0 Å². The number of carbonyl (C=O) groups is 1. The van der Waals surface area contributed by atoms with Gasteiger partial charge in [-0.25, -0.2) is 4.79 Å². The van der Waals surface area contributed by atoms with Crippen LogP contribution in [0.15, 0.2) is 24.6 Å². The van der Waals surface area contributed by atoms with E-state index in [1.807, 2.05) is 36.2 Å². The highest BCUT2D eigenvalue weighted by Crippen LogP contribution is 2.15. The van der Waals surface area contributed by atoms with E-state index in [9.17, 15) is 4.79 Å². The van der Waals surface area contributed by atoms with Gasteiger partial charge in [0.2, 0.25) is 0 Å². The molecule has 1 unspecified atom stereocenters. The Morgan fingerprint density at radius 3 is 2.71 bits per heavy atom. The van der Waals surface area contributed by atoms with Crippen molar-refractivity contribution in [3.05, 3.63) is 24.6 Å². The molecular weight excluding hydrogens is 180 g/mol. The second-order valence-corrected chi connectivity index (χ2v) is 3.31. The van der Waals surface area contributed by atoms with E-state index in [-0.39, 0.29) is 12.3 Å². The van der Waals surface area contributed by atoms with Crippen molar-refractivity contribution >= 4 is 5.97 Å². The Balaban J connectivity index is 2.59. The van der Waals surface area contributed by atoms with Crippen LogP contribution in [-0.2, 0) is 9.53 Å². The van der Waals surface area contributed by atoms with Crippen molar-refractivity contribution in [3.8, 4) is 0 Å². The first kappa shape index (κ1) is 10.6. The maximum Gasteiger partial charge on any atom is 0.336 e. The molecule has 0 aromatic carbocycles. The zero-order valence-electron chi connectivity index (χ0n) is 8.86. The van der Waals surface area contributed by atoms with Gasteiger partial charge in [-0.2, -0.15) is 0 Å². The smallest absolute Gasteiger partial charge is 0.336 e. The zero-order valence-corrected chi connectivity index (χ0v) is 8.86. The lowest BCUT2D eigenvalue weighted by molar-refractivity contribution is -0.161. The molecule has 4 nitrogen and oxygen atoms in total. The summed E-state index contributed by atoms with van der Waals surface area (Å²) in [5, 5.41) is 0. The molecule has 14 heavy (non-hydrogen) atoms. The molecule has 1 aliphatic heterocycles. The number of hydrogen-bond acceptors (Lipinski definition) is 4. The van der Waals surface area contributed by atoms with Crippen LogP contribution in [0.25, 0.3) is 0 Å². The molecule has 1 atom stereocenters. The minimum Gasteiger partial charge on any atom is -0.419 e. The van der Waals surface area contributed by atoms with Crippen LogP contribution in [0, 0.1) is 0 Å². The van der Waals surface area contributed by atoms with Crippen molar-refractivity contribution in [2.75, 3.05) is 13.6 Å². The Morgan fingerprint density at radius 2 is 2.21 bits per heavy atom. The topological polar surface area (TPSA) is 32.8 Å². The molecule has 1 rings (SSSR count). The van der Waals surface area contributed by atoms with Crippen LogP contribution in [-0.4, -0.2) is 35.7 Å². The van der Waals surface area contributed by atoms with Crippen molar-refractivity contribution < 1.29 is 9.53 Å². The third-order valence-electron chi connectivity index (χ3n) is 2.05. The summed E-state index contributed by atoms with van der Waals surface area (Å²) in [5.41, 5.74) is 0.418. The first-order valence-corrected chi connectivity index (χ1v) is 4.58. The molecule has 0 saturated heterocycles. The Kier molecular flexibility index (Phi) is 3.17. The lowest BCUT2D eigenvalue weighted by atomic mass is 10.4. The monoisotopic (exact) mass is 196 g/mol. The van der Waals surface area contributed by atoms with Crippen molar-refractivity contribution in [2.45, 2.75) is 20.2 Å². The third kappa shape index (κ3) is 2.07. The largest absolute Gasteiger partial charge is 0.419 e. The van der Waals surface area contributed by atoms with Gasteiger partial charge in [-0.3, -0.25) is 0 Å². The van der Waals surface area contributed by atoms with Gasteiger partial charge in [0.05, 0.1) is 0 Å². The minimum atomic E-state index is -0.357. The van der Waals surface area contributed by atoms with E-state index in [0.717, 1.165) is 6.54 Å². The van der Waals surface area contributed by atoms with Crippen molar-refractivity contribution in [1.82, 2.24) is 9.80 Å². The SMILES string of the molecule is C=C(C)C(=O)OC1N(C)C=CN1CC. The predicted molar refractivity (Wildman–Crippen MR) is 54.0 cm³/mol. The van der Waals surface area contributed by atoms with Gasteiger partial charge >= 0.3 is 5.97 Å². The fourth-order valence-electron chi connectivity index (χ4n) is 1.18. The number of hydrogen-bond donors (Lipinski definition) is 0. The molecule has 4 heteroatoms. The molecule has 0 aromatic heterocycles. The summed E-state index contributed by atoms with van der Waals surface area (Å²) in [4.78, 5) is 15.1. The van der Waals surface area contributed by atoms with Crippen molar-refractivity contribution in [2.24, 2.45) is 0 Å². The Labute approximate surface area is 84.4 Å². The average molecular weight is 196 g/mol. The molecule has 78 valence electrons. The number of ether oxygens (including phenoxy) is 1. The number of rotatable bonds is 3. The van der Waals surface area contributed by atoms with Gasteiger partial charge in [-0.15, -0.1) is 0 Å². The third-order valence-corrected chi connectivity index (χ3v) is 2.05. The fraction of sp³-hybridized carbons (Fsp3) is 0.500. The lowest BCUT2D eigenvalue weighted by Gasteiger charge is -2.28. The van der Waals surface area contributed by atoms with Crippen LogP contribution in [0.5, 0.6) is 0 Å². The zero-order chi connectivity index (χ0) is 10.7. The summed E-state index contributed by atoms with van der Waals surface area (Å²) in [6.45, 7) is 7.99. The van der Waals surface area contributed by atoms with Gasteiger partial charge in [0.1, 0.15) is 0 Å². The maximum atomic E-state index is 11.3. The van der Waals surface area contributed by atoms with Crippen molar-refractivity contribution in [1.29, 1.82) is 0 Å². The molecule has 1 heterocycles. The molecule has 0 radical (unpaired) electrons. The quantitative estimate of drug-likeness (QED) is 0.500. The normalized spacial score (nSPS) is 20.1. The Hall–Kier alpha value is -1.45.